The molecule has 0 radical (unpaired) electrons. The predicted octanol–water partition coefficient (Wildman–Crippen LogP) is 1.73. The standard InChI is InChI=1S/C12H16FNO3/c13-11-5-4-9(14)8-10(11)12(16)17-7-3-1-2-6-15/h4-5,8,15H,1-3,6-7,14H2. The molecule has 1 rings (SSSR count). The van der Waals surface area contributed by atoms with E-state index in [9.17, 15) is 9.18 Å². The van der Waals surface area contributed by atoms with Gasteiger partial charge in [-0.1, -0.05) is 0 Å². The highest BCUT2D eigenvalue weighted by atomic mass is 19.1. The molecular weight excluding hydrogens is 225 g/mol. The molecular formula is C12H16FNO3. The van der Waals surface area contributed by atoms with Gasteiger partial charge in [0.2, 0.25) is 0 Å². The molecule has 1 aromatic rings. The van der Waals surface area contributed by atoms with Gasteiger partial charge in [0.25, 0.3) is 0 Å². The van der Waals surface area contributed by atoms with E-state index in [2.05, 4.69) is 0 Å². The third kappa shape index (κ3) is 4.40. The number of anilines is 1. The minimum Gasteiger partial charge on any atom is -0.462 e. The Hall–Kier alpha value is -1.62. The number of ether oxygens (including phenoxy) is 1. The molecule has 0 aliphatic rings. The van der Waals surface area contributed by atoms with Crippen LogP contribution in [0.5, 0.6) is 0 Å². The normalized spacial score (nSPS) is 10.2. The van der Waals surface area contributed by atoms with Crippen LogP contribution in [0.2, 0.25) is 0 Å². The maximum Gasteiger partial charge on any atom is 0.341 e. The number of hydrogen-bond donors (Lipinski definition) is 2. The first kappa shape index (κ1) is 13.4. The molecule has 0 spiro atoms. The molecule has 17 heavy (non-hydrogen) atoms. The third-order valence-electron chi connectivity index (χ3n) is 2.25. The van der Waals surface area contributed by atoms with Gasteiger partial charge in [-0.2, -0.15) is 0 Å². The van der Waals surface area contributed by atoms with Crippen molar-refractivity contribution in [1.29, 1.82) is 0 Å². The smallest absolute Gasteiger partial charge is 0.341 e. The number of aliphatic hydroxyl groups excluding tert-OH is 1. The van der Waals surface area contributed by atoms with Crippen molar-refractivity contribution >= 4 is 11.7 Å². The van der Waals surface area contributed by atoms with E-state index in [4.69, 9.17) is 15.6 Å². The monoisotopic (exact) mass is 241 g/mol. The lowest BCUT2D eigenvalue weighted by Crippen LogP contribution is -2.09. The van der Waals surface area contributed by atoms with Crippen molar-refractivity contribution in [3.05, 3.63) is 29.6 Å². The van der Waals surface area contributed by atoms with Crippen LogP contribution in [0.25, 0.3) is 0 Å². The number of nitrogen functional groups attached to an aromatic ring is 1. The lowest BCUT2D eigenvalue weighted by molar-refractivity contribution is 0.0491. The van der Waals surface area contributed by atoms with E-state index in [-0.39, 0.29) is 18.8 Å². The maximum absolute atomic E-state index is 13.3. The van der Waals surface area contributed by atoms with Crippen molar-refractivity contribution in [2.75, 3.05) is 18.9 Å². The predicted molar refractivity (Wildman–Crippen MR) is 62.0 cm³/mol. The Kier molecular flexibility index (Phi) is 5.42. The van der Waals surface area contributed by atoms with E-state index in [0.717, 1.165) is 12.5 Å². The number of carbonyl (C=O) groups is 1. The summed E-state index contributed by atoms with van der Waals surface area (Å²) >= 11 is 0. The van der Waals surface area contributed by atoms with Gasteiger partial charge in [-0.3, -0.25) is 0 Å². The minimum absolute atomic E-state index is 0.123. The van der Waals surface area contributed by atoms with Gasteiger partial charge in [0.1, 0.15) is 5.82 Å². The zero-order chi connectivity index (χ0) is 12.7. The van der Waals surface area contributed by atoms with Gasteiger partial charge in [-0.15, -0.1) is 0 Å². The number of unbranched alkanes of at least 4 members (excludes halogenated alkanes) is 2. The number of halogens is 1. The largest absolute Gasteiger partial charge is 0.462 e. The first-order valence-corrected chi connectivity index (χ1v) is 5.48. The number of nitrogens with two attached hydrogens (primary N) is 1. The van der Waals surface area contributed by atoms with E-state index in [1.807, 2.05) is 0 Å². The minimum atomic E-state index is -0.709. The van der Waals surface area contributed by atoms with Crippen LogP contribution >= 0.6 is 0 Å². The topological polar surface area (TPSA) is 72.6 Å². The fourth-order valence-electron chi connectivity index (χ4n) is 1.33. The molecule has 0 aliphatic carbocycles. The second-order valence-corrected chi connectivity index (χ2v) is 3.66. The van der Waals surface area contributed by atoms with E-state index in [1.165, 1.54) is 12.1 Å². The molecule has 0 amide bonds. The van der Waals surface area contributed by atoms with Crippen LogP contribution in [-0.4, -0.2) is 24.3 Å². The highest BCUT2D eigenvalue weighted by molar-refractivity contribution is 5.90. The quantitative estimate of drug-likeness (QED) is 0.452. The van der Waals surface area contributed by atoms with Crippen molar-refractivity contribution < 1.29 is 19.0 Å². The fraction of sp³-hybridized carbons (Fsp3) is 0.417. The molecule has 0 saturated carbocycles. The van der Waals surface area contributed by atoms with Crippen molar-refractivity contribution in [2.24, 2.45) is 0 Å². The Balaban J connectivity index is 2.44. The SMILES string of the molecule is Nc1ccc(F)c(C(=O)OCCCCCO)c1. The van der Waals surface area contributed by atoms with Gasteiger partial charge in [0.15, 0.2) is 0 Å². The fourth-order valence-corrected chi connectivity index (χ4v) is 1.33. The van der Waals surface area contributed by atoms with Crippen molar-refractivity contribution in [3.63, 3.8) is 0 Å². The molecule has 5 heteroatoms. The Morgan fingerprint density at radius 2 is 2.12 bits per heavy atom. The van der Waals surface area contributed by atoms with Crippen molar-refractivity contribution in [3.8, 4) is 0 Å². The molecule has 0 atom stereocenters. The second-order valence-electron chi connectivity index (χ2n) is 3.66. The number of hydrogen-bond acceptors (Lipinski definition) is 4. The summed E-state index contributed by atoms with van der Waals surface area (Å²) in [5, 5.41) is 8.55. The summed E-state index contributed by atoms with van der Waals surface area (Å²) in [5.41, 5.74) is 5.63. The van der Waals surface area contributed by atoms with E-state index in [0.29, 0.717) is 18.5 Å². The zero-order valence-electron chi connectivity index (χ0n) is 9.49. The Bertz CT molecular complexity index is 382. The van der Waals surface area contributed by atoms with Gasteiger partial charge >= 0.3 is 5.97 Å². The number of benzene rings is 1. The molecule has 1 aromatic carbocycles. The number of carbonyl (C=O) groups excluding carboxylic acids is 1. The Morgan fingerprint density at radius 1 is 1.35 bits per heavy atom. The van der Waals surface area contributed by atoms with Crippen LogP contribution in [0.1, 0.15) is 29.6 Å². The molecule has 0 unspecified atom stereocenters. The van der Waals surface area contributed by atoms with Gasteiger partial charge < -0.3 is 15.6 Å². The summed E-state index contributed by atoms with van der Waals surface area (Å²) < 4.78 is 18.2. The number of aliphatic hydroxyl groups is 1. The van der Waals surface area contributed by atoms with Gasteiger partial charge in [0, 0.05) is 12.3 Å². The van der Waals surface area contributed by atoms with Crippen LogP contribution in [0, 0.1) is 5.82 Å². The highest BCUT2D eigenvalue weighted by Crippen LogP contribution is 2.13. The first-order chi connectivity index (χ1) is 8.15. The lowest BCUT2D eigenvalue weighted by Gasteiger charge is -2.06. The van der Waals surface area contributed by atoms with E-state index in [1.54, 1.807) is 0 Å². The van der Waals surface area contributed by atoms with Gasteiger partial charge in [-0.05, 0) is 37.5 Å². The summed E-state index contributed by atoms with van der Waals surface area (Å²) in [6.07, 6.45) is 2.09. The summed E-state index contributed by atoms with van der Waals surface area (Å²) in [7, 11) is 0. The summed E-state index contributed by atoms with van der Waals surface area (Å²) in [6.45, 7) is 0.338. The zero-order valence-corrected chi connectivity index (χ0v) is 9.49. The summed E-state index contributed by atoms with van der Waals surface area (Å²) in [4.78, 5) is 11.5. The van der Waals surface area contributed by atoms with Crippen LogP contribution < -0.4 is 5.73 Å². The van der Waals surface area contributed by atoms with E-state index < -0.39 is 11.8 Å². The molecule has 0 fully saturated rings. The molecule has 0 saturated heterocycles. The molecule has 0 heterocycles. The highest BCUT2D eigenvalue weighted by Gasteiger charge is 2.13. The van der Waals surface area contributed by atoms with Crippen molar-refractivity contribution in [2.45, 2.75) is 19.3 Å². The van der Waals surface area contributed by atoms with Crippen molar-refractivity contribution in [1.82, 2.24) is 0 Å². The molecule has 0 aromatic heterocycles. The molecule has 3 N–H and O–H groups in total. The third-order valence-corrected chi connectivity index (χ3v) is 2.25. The van der Waals surface area contributed by atoms with Crippen LogP contribution in [0.3, 0.4) is 0 Å². The Labute approximate surface area is 99.2 Å². The average molecular weight is 241 g/mol. The average Bonchev–Trinajstić information content (AvgIpc) is 2.32. The maximum atomic E-state index is 13.3. The Morgan fingerprint density at radius 3 is 2.82 bits per heavy atom. The number of rotatable bonds is 6. The first-order valence-electron chi connectivity index (χ1n) is 5.48. The van der Waals surface area contributed by atoms with Gasteiger partial charge in [-0.25, -0.2) is 9.18 Å². The van der Waals surface area contributed by atoms with Gasteiger partial charge in [0.05, 0.1) is 12.2 Å². The molecule has 4 nitrogen and oxygen atoms in total. The summed E-state index contributed by atoms with van der Waals surface area (Å²) in [5.74, 6) is -1.35. The second kappa shape index (κ2) is 6.85. The number of esters is 1. The van der Waals surface area contributed by atoms with E-state index >= 15 is 0 Å². The molecule has 94 valence electrons. The lowest BCUT2D eigenvalue weighted by atomic mass is 10.2. The molecule has 0 aliphatic heterocycles. The van der Waals surface area contributed by atoms with Crippen LogP contribution in [0.4, 0.5) is 10.1 Å². The summed E-state index contributed by atoms with van der Waals surface area (Å²) in [6, 6.07) is 3.77. The van der Waals surface area contributed by atoms with Crippen LogP contribution in [0.15, 0.2) is 18.2 Å². The molecule has 0 bridgehead atoms. The van der Waals surface area contributed by atoms with Crippen LogP contribution in [-0.2, 0) is 4.74 Å².